The number of carbonyl (C=O) groups is 2. The second kappa shape index (κ2) is 9.44. The molecule has 0 fully saturated rings. The number of hydrazone groups is 1. The summed E-state index contributed by atoms with van der Waals surface area (Å²) in [5.74, 6) is -0.819. The number of halogens is 1. The SMILES string of the molecule is Cc1c(Cl)cccc1NC(=O)CCC(=O)N/N=C/c1ccccc1[N+](=O)[O-]. The van der Waals surface area contributed by atoms with Crippen LogP contribution in [0.1, 0.15) is 24.0 Å². The van der Waals surface area contributed by atoms with Gasteiger partial charge in [-0.1, -0.05) is 29.8 Å². The Labute approximate surface area is 160 Å². The molecule has 0 bridgehead atoms. The topological polar surface area (TPSA) is 114 Å². The summed E-state index contributed by atoms with van der Waals surface area (Å²) >= 11 is 5.99. The van der Waals surface area contributed by atoms with E-state index in [9.17, 15) is 19.7 Å². The first-order valence-corrected chi connectivity index (χ1v) is 8.36. The molecule has 0 aliphatic carbocycles. The van der Waals surface area contributed by atoms with E-state index in [1.807, 2.05) is 0 Å². The fourth-order valence-corrected chi connectivity index (χ4v) is 2.35. The Kier molecular flexibility index (Phi) is 7.01. The molecule has 0 aromatic heterocycles. The van der Waals surface area contributed by atoms with Crippen LogP contribution >= 0.6 is 11.6 Å². The highest BCUT2D eigenvalue weighted by molar-refractivity contribution is 6.31. The second-order valence-electron chi connectivity index (χ2n) is 5.57. The van der Waals surface area contributed by atoms with Crippen LogP contribution in [0.3, 0.4) is 0 Å². The van der Waals surface area contributed by atoms with Crippen LogP contribution in [0.15, 0.2) is 47.6 Å². The second-order valence-corrected chi connectivity index (χ2v) is 5.98. The number of nitrogens with one attached hydrogen (secondary N) is 2. The van der Waals surface area contributed by atoms with Gasteiger partial charge < -0.3 is 5.32 Å². The van der Waals surface area contributed by atoms with E-state index < -0.39 is 10.8 Å². The Hall–Kier alpha value is -3.26. The number of hydrogen-bond acceptors (Lipinski definition) is 5. The summed E-state index contributed by atoms with van der Waals surface area (Å²) in [4.78, 5) is 34.1. The van der Waals surface area contributed by atoms with Crippen LogP contribution in [0.25, 0.3) is 0 Å². The Morgan fingerprint density at radius 3 is 2.59 bits per heavy atom. The zero-order chi connectivity index (χ0) is 19.8. The van der Waals surface area contributed by atoms with Crippen LogP contribution in [0.5, 0.6) is 0 Å². The van der Waals surface area contributed by atoms with E-state index in [0.29, 0.717) is 10.7 Å². The maximum atomic E-state index is 11.9. The van der Waals surface area contributed by atoms with Gasteiger partial charge in [0.1, 0.15) is 0 Å². The van der Waals surface area contributed by atoms with Crippen LogP contribution in [-0.4, -0.2) is 23.0 Å². The maximum absolute atomic E-state index is 11.9. The van der Waals surface area contributed by atoms with E-state index in [0.717, 1.165) is 5.56 Å². The lowest BCUT2D eigenvalue weighted by Crippen LogP contribution is -2.21. The van der Waals surface area contributed by atoms with Crippen molar-refractivity contribution in [2.24, 2.45) is 5.10 Å². The zero-order valence-corrected chi connectivity index (χ0v) is 15.2. The van der Waals surface area contributed by atoms with Gasteiger partial charge in [-0.3, -0.25) is 19.7 Å². The molecule has 0 spiro atoms. The molecule has 2 amide bonds. The van der Waals surface area contributed by atoms with E-state index >= 15 is 0 Å². The predicted octanol–water partition coefficient (Wildman–Crippen LogP) is 3.43. The van der Waals surface area contributed by atoms with Gasteiger partial charge in [0.2, 0.25) is 11.8 Å². The van der Waals surface area contributed by atoms with Crippen molar-refractivity contribution in [3.8, 4) is 0 Å². The molecule has 2 rings (SSSR count). The molecule has 2 aromatic carbocycles. The summed E-state index contributed by atoms with van der Waals surface area (Å²) in [6, 6.07) is 11.2. The smallest absolute Gasteiger partial charge is 0.278 e. The number of anilines is 1. The van der Waals surface area contributed by atoms with Gasteiger partial charge >= 0.3 is 0 Å². The van der Waals surface area contributed by atoms with Crippen LogP contribution in [-0.2, 0) is 9.59 Å². The molecule has 0 saturated heterocycles. The van der Waals surface area contributed by atoms with Crippen LogP contribution in [0.2, 0.25) is 5.02 Å². The third-order valence-corrected chi connectivity index (χ3v) is 4.06. The lowest BCUT2D eigenvalue weighted by Gasteiger charge is -2.09. The highest BCUT2D eigenvalue weighted by Gasteiger charge is 2.11. The van der Waals surface area contributed by atoms with E-state index in [-0.39, 0.29) is 30.0 Å². The summed E-state index contributed by atoms with van der Waals surface area (Å²) in [5, 5.41) is 17.8. The van der Waals surface area contributed by atoms with Crippen molar-refractivity contribution in [1.29, 1.82) is 0 Å². The molecular weight excluding hydrogens is 372 g/mol. The lowest BCUT2D eigenvalue weighted by molar-refractivity contribution is -0.385. The number of nitrogens with zero attached hydrogens (tertiary/aromatic N) is 2. The molecule has 27 heavy (non-hydrogen) atoms. The van der Waals surface area contributed by atoms with Crippen LogP contribution in [0.4, 0.5) is 11.4 Å². The average molecular weight is 389 g/mol. The van der Waals surface area contributed by atoms with Gasteiger partial charge in [0.05, 0.1) is 16.7 Å². The van der Waals surface area contributed by atoms with Gasteiger partial charge in [-0.15, -0.1) is 0 Å². The van der Waals surface area contributed by atoms with Crippen molar-refractivity contribution in [1.82, 2.24) is 5.43 Å². The molecule has 2 N–H and O–H groups in total. The zero-order valence-electron chi connectivity index (χ0n) is 14.4. The van der Waals surface area contributed by atoms with Crippen molar-refractivity contribution in [3.05, 3.63) is 68.7 Å². The summed E-state index contributed by atoms with van der Waals surface area (Å²) in [6.07, 6.45) is 1.06. The summed E-state index contributed by atoms with van der Waals surface area (Å²) in [5.41, 5.74) is 3.71. The van der Waals surface area contributed by atoms with Gasteiger partial charge in [-0.2, -0.15) is 5.10 Å². The minimum atomic E-state index is -0.536. The molecule has 0 unspecified atom stereocenters. The summed E-state index contributed by atoms with van der Waals surface area (Å²) in [6.45, 7) is 1.78. The van der Waals surface area contributed by atoms with E-state index in [2.05, 4.69) is 15.8 Å². The Bertz CT molecular complexity index is 899. The average Bonchev–Trinajstić information content (AvgIpc) is 2.64. The van der Waals surface area contributed by atoms with Gasteiger partial charge in [-0.05, 0) is 30.7 Å². The van der Waals surface area contributed by atoms with Crippen molar-refractivity contribution in [2.45, 2.75) is 19.8 Å². The Balaban J connectivity index is 1.83. The standard InChI is InChI=1S/C18H17ClN4O4/c1-12-14(19)6-4-7-15(12)21-17(24)9-10-18(25)22-20-11-13-5-2-3-8-16(13)23(26)27/h2-8,11H,9-10H2,1H3,(H,21,24)(H,22,25)/b20-11+. The number of rotatable bonds is 7. The number of amides is 2. The van der Waals surface area contributed by atoms with Gasteiger partial charge in [-0.25, -0.2) is 5.43 Å². The minimum Gasteiger partial charge on any atom is -0.326 e. The van der Waals surface area contributed by atoms with Crippen LogP contribution < -0.4 is 10.7 Å². The number of nitro groups is 1. The lowest BCUT2D eigenvalue weighted by atomic mass is 10.2. The molecule has 140 valence electrons. The minimum absolute atomic E-state index is 0.0429. The number of nitro benzene ring substituents is 1. The molecule has 0 radical (unpaired) electrons. The van der Waals surface area contributed by atoms with Gasteiger partial charge in [0, 0.05) is 29.6 Å². The van der Waals surface area contributed by atoms with Crippen molar-refractivity contribution in [2.75, 3.05) is 5.32 Å². The van der Waals surface area contributed by atoms with Crippen molar-refractivity contribution >= 4 is 41.0 Å². The highest BCUT2D eigenvalue weighted by Crippen LogP contribution is 2.23. The van der Waals surface area contributed by atoms with Gasteiger partial charge in [0.25, 0.3) is 5.69 Å². The number of hydrogen-bond donors (Lipinski definition) is 2. The third kappa shape index (κ3) is 5.89. The molecule has 0 saturated carbocycles. The molecule has 0 atom stereocenters. The first-order valence-electron chi connectivity index (χ1n) is 7.98. The molecule has 0 aliphatic heterocycles. The predicted molar refractivity (Wildman–Crippen MR) is 103 cm³/mol. The Morgan fingerprint density at radius 2 is 1.85 bits per heavy atom. The summed E-state index contributed by atoms with van der Waals surface area (Å²) < 4.78 is 0. The van der Waals surface area contributed by atoms with Gasteiger partial charge in [0.15, 0.2) is 0 Å². The molecule has 9 heteroatoms. The number of benzene rings is 2. The molecule has 2 aromatic rings. The molecule has 0 heterocycles. The third-order valence-electron chi connectivity index (χ3n) is 3.65. The van der Waals surface area contributed by atoms with E-state index in [1.54, 1.807) is 31.2 Å². The maximum Gasteiger partial charge on any atom is 0.278 e. The van der Waals surface area contributed by atoms with Crippen molar-refractivity contribution < 1.29 is 14.5 Å². The highest BCUT2D eigenvalue weighted by atomic mass is 35.5. The number of para-hydroxylation sites is 1. The molecule has 8 nitrogen and oxygen atoms in total. The first kappa shape index (κ1) is 20.1. The largest absolute Gasteiger partial charge is 0.326 e. The fraction of sp³-hybridized carbons (Fsp3) is 0.167. The Morgan fingerprint density at radius 1 is 1.15 bits per heavy atom. The monoisotopic (exact) mass is 388 g/mol. The quantitative estimate of drug-likeness (QED) is 0.429. The normalized spacial score (nSPS) is 10.6. The van der Waals surface area contributed by atoms with Crippen molar-refractivity contribution in [3.63, 3.8) is 0 Å². The molecular formula is C18H17ClN4O4. The van der Waals surface area contributed by atoms with Crippen LogP contribution in [0, 0.1) is 17.0 Å². The number of carbonyl (C=O) groups excluding carboxylic acids is 2. The molecule has 0 aliphatic rings. The fourth-order valence-electron chi connectivity index (χ4n) is 2.18. The van der Waals surface area contributed by atoms with E-state index in [1.165, 1.54) is 24.4 Å². The van der Waals surface area contributed by atoms with E-state index in [4.69, 9.17) is 11.6 Å². The first-order chi connectivity index (χ1) is 12.9. The summed E-state index contributed by atoms with van der Waals surface area (Å²) in [7, 11) is 0.